The van der Waals surface area contributed by atoms with Crippen LogP contribution in [0.2, 0.25) is 5.02 Å². The summed E-state index contributed by atoms with van der Waals surface area (Å²) in [7, 11) is 1.61. The summed E-state index contributed by atoms with van der Waals surface area (Å²) in [5.74, 6) is 1.04. The molecular weight excluding hydrogens is 474 g/mol. The quantitative estimate of drug-likeness (QED) is 0.445. The smallest absolute Gasteiger partial charge is 0.165 e. The summed E-state index contributed by atoms with van der Waals surface area (Å²) in [5, 5.41) is 4.13. The first-order chi connectivity index (χ1) is 17.5. The summed E-state index contributed by atoms with van der Waals surface area (Å²) in [6.45, 7) is 4.26. The minimum absolute atomic E-state index is 0.115. The van der Waals surface area contributed by atoms with Gasteiger partial charge >= 0.3 is 0 Å². The van der Waals surface area contributed by atoms with Crippen LogP contribution >= 0.6 is 11.6 Å². The Hall–Kier alpha value is -3.31. The summed E-state index contributed by atoms with van der Waals surface area (Å²) in [6.07, 6.45) is 6.68. The van der Waals surface area contributed by atoms with Crippen molar-refractivity contribution in [2.45, 2.75) is 57.5 Å². The van der Waals surface area contributed by atoms with Gasteiger partial charge in [-0.05, 0) is 61.4 Å². The molecule has 0 fully saturated rings. The Bertz CT molecular complexity index is 1260. The highest BCUT2D eigenvalue weighted by atomic mass is 35.5. The Labute approximate surface area is 216 Å². The minimum Gasteiger partial charge on any atom is -0.493 e. The van der Waals surface area contributed by atoms with Gasteiger partial charge in [-0.1, -0.05) is 35.9 Å². The van der Waals surface area contributed by atoms with Crippen molar-refractivity contribution in [2.24, 2.45) is 0 Å². The molecule has 1 heterocycles. The van der Waals surface area contributed by atoms with E-state index in [1.165, 1.54) is 0 Å². The number of carbonyl (C=O) groups excluding carboxylic acids is 2. The van der Waals surface area contributed by atoms with E-state index >= 15 is 0 Å². The predicted octanol–water partition coefficient (Wildman–Crippen LogP) is 6.36. The van der Waals surface area contributed by atoms with E-state index in [0.29, 0.717) is 42.4 Å². The van der Waals surface area contributed by atoms with E-state index in [-0.39, 0.29) is 11.6 Å². The van der Waals surface area contributed by atoms with Crippen molar-refractivity contribution in [1.29, 1.82) is 0 Å². The van der Waals surface area contributed by atoms with Crippen LogP contribution in [0.1, 0.15) is 61.1 Å². The summed E-state index contributed by atoms with van der Waals surface area (Å²) in [5.41, 5.74) is 6.12. The molecule has 3 aliphatic rings. The predicted molar refractivity (Wildman–Crippen MR) is 140 cm³/mol. The highest BCUT2D eigenvalue weighted by molar-refractivity contribution is 6.30. The number of benzene rings is 2. The van der Waals surface area contributed by atoms with Gasteiger partial charge in [0.15, 0.2) is 23.1 Å². The van der Waals surface area contributed by atoms with Gasteiger partial charge in [-0.2, -0.15) is 0 Å². The number of Topliss-reactive ketones (excluding diaryl/α,β-unsaturated/α-hetero) is 2. The summed E-state index contributed by atoms with van der Waals surface area (Å²) < 4.78 is 12.0. The summed E-state index contributed by atoms with van der Waals surface area (Å²) in [4.78, 5) is 26.4. The van der Waals surface area contributed by atoms with Gasteiger partial charge < -0.3 is 14.8 Å². The van der Waals surface area contributed by atoms with E-state index in [2.05, 4.69) is 11.9 Å². The molecule has 0 bridgehead atoms. The summed E-state index contributed by atoms with van der Waals surface area (Å²) >= 11 is 6.15. The fourth-order valence-corrected chi connectivity index (χ4v) is 5.78. The molecule has 0 spiro atoms. The molecule has 0 radical (unpaired) electrons. The van der Waals surface area contributed by atoms with Crippen LogP contribution in [0.25, 0.3) is 0 Å². The Morgan fingerprint density at radius 2 is 1.72 bits per heavy atom. The SMILES string of the molecule is C=CCc1cc(C2C3=C(CCCC3=O)NC3=C2C(=O)CCC3)cc(OC)c1OCc1cccc(Cl)c1. The number of dihydropyridines is 1. The minimum atomic E-state index is -0.392. The molecule has 2 aromatic carbocycles. The monoisotopic (exact) mass is 503 g/mol. The molecule has 0 atom stereocenters. The van der Waals surface area contributed by atoms with Crippen molar-refractivity contribution in [3.63, 3.8) is 0 Å². The standard InChI is InChI=1S/C30H30ClNO4/c1-3-7-19-15-20(16-26(35-2)30(19)36-17-18-8-4-9-21(31)14-18)27-28-22(10-5-12-24(28)33)32-23-11-6-13-25(34)29(23)27/h3-4,8-9,14-16,27,32H,1,5-7,10-13,17H2,2H3. The lowest BCUT2D eigenvalue weighted by Gasteiger charge is -2.37. The topological polar surface area (TPSA) is 64.6 Å². The molecule has 0 saturated heterocycles. The van der Waals surface area contributed by atoms with Crippen LogP contribution < -0.4 is 14.8 Å². The van der Waals surface area contributed by atoms with E-state index in [1.54, 1.807) is 7.11 Å². The van der Waals surface area contributed by atoms with Crippen LogP contribution in [-0.2, 0) is 22.6 Å². The zero-order valence-corrected chi connectivity index (χ0v) is 21.2. The molecule has 0 saturated carbocycles. The fraction of sp³-hybridized carbons (Fsp3) is 0.333. The van der Waals surface area contributed by atoms with Gasteiger partial charge in [-0.15, -0.1) is 6.58 Å². The van der Waals surface area contributed by atoms with Crippen molar-refractivity contribution in [3.05, 3.63) is 93.3 Å². The van der Waals surface area contributed by atoms with Crippen molar-refractivity contribution in [1.82, 2.24) is 5.32 Å². The Kier molecular flexibility index (Phi) is 7.01. The van der Waals surface area contributed by atoms with Crippen LogP contribution in [0.3, 0.4) is 0 Å². The Morgan fingerprint density at radius 3 is 2.33 bits per heavy atom. The number of ether oxygens (including phenoxy) is 2. The van der Waals surface area contributed by atoms with Crippen LogP contribution in [0.4, 0.5) is 0 Å². The van der Waals surface area contributed by atoms with Crippen LogP contribution in [0.15, 0.2) is 71.6 Å². The Morgan fingerprint density at radius 1 is 1.03 bits per heavy atom. The second kappa shape index (κ2) is 10.4. The zero-order valence-electron chi connectivity index (χ0n) is 20.5. The number of allylic oxidation sites excluding steroid dienone is 5. The maximum Gasteiger partial charge on any atom is 0.165 e. The Balaban J connectivity index is 1.61. The van der Waals surface area contributed by atoms with E-state index in [0.717, 1.165) is 64.9 Å². The molecule has 5 nitrogen and oxygen atoms in total. The van der Waals surface area contributed by atoms with Crippen molar-refractivity contribution in [2.75, 3.05) is 7.11 Å². The number of rotatable bonds is 7. The van der Waals surface area contributed by atoms with Crippen molar-refractivity contribution in [3.8, 4) is 11.5 Å². The molecule has 0 unspecified atom stereocenters. The van der Waals surface area contributed by atoms with Crippen molar-refractivity contribution >= 4 is 23.2 Å². The van der Waals surface area contributed by atoms with Gasteiger partial charge in [0, 0.05) is 51.9 Å². The molecule has 6 heteroatoms. The lowest BCUT2D eigenvalue weighted by Crippen LogP contribution is -2.36. The molecule has 0 aromatic heterocycles. The van der Waals surface area contributed by atoms with E-state index in [1.807, 2.05) is 42.5 Å². The van der Waals surface area contributed by atoms with Crippen LogP contribution in [0.5, 0.6) is 11.5 Å². The van der Waals surface area contributed by atoms with E-state index in [9.17, 15) is 9.59 Å². The van der Waals surface area contributed by atoms with E-state index in [4.69, 9.17) is 21.1 Å². The molecule has 36 heavy (non-hydrogen) atoms. The van der Waals surface area contributed by atoms with Gasteiger partial charge in [0.2, 0.25) is 0 Å². The lowest BCUT2D eigenvalue weighted by molar-refractivity contribution is -0.116. The maximum atomic E-state index is 13.2. The molecule has 5 rings (SSSR count). The van der Waals surface area contributed by atoms with Gasteiger partial charge in [0.05, 0.1) is 7.11 Å². The van der Waals surface area contributed by atoms with Crippen LogP contribution in [0, 0.1) is 0 Å². The average Bonchev–Trinajstić information content (AvgIpc) is 2.87. The maximum absolute atomic E-state index is 13.2. The number of halogens is 1. The number of nitrogens with one attached hydrogen (secondary N) is 1. The third-order valence-electron chi connectivity index (χ3n) is 7.14. The molecule has 1 N–H and O–H groups in total. The summed E-state index contributed by atoms with van der Waals surface area (Å²) in [6, 6.07) is 11.5. The van der Waals surface area contributed by atoms with Gasteiger partial charge in [0.1, 0.15) is 6.61 Å². The van der Waals surface area contributed by atoms with Gasteiger partial charge in [-0.3, -0.25) is 9.59 Å². The fourth-order valence-electron chi connectivity index (χ4n) is 5.57. The van der Waals surface area contributed by atoms with Gasteiger partial charge in [0.25, 0.3) is 0 Å². The first-order valence-corrected chi connectivity index (χ1v) is 12.9. The number of hydrogen-bond acceptors (Lipinski definition) is 5. The number of ketones is 2. The molecular formula is C30H30ClNO4. The highest BCUT2D eigenvalue weighted by Crippen LogP contribution is 2.47. The first kappa shape index (κ1) is 24.4. The average molecular weight is 504 g/mol. The zero-order chi connectivity index (χ0) is 25.2. The first-order valence-electron chi connectivity index (χ1n) is 12.5. The van der Waals surface area contributed by atoms with Gasteiger partial charge in [-0.25, -0.2) is 0 Å². The second-order valence-corrected chi connectivity index (χ2v) is 9.96. The molecule has 1 aliphatic heterocycles. The number of hydrogen-bond donors (Lipinski definition) is 1. The van der Waals surface area contributed by atoms with Crippen molar-refractivity contribution < 1.29 is 19.1 Å². The highest BCUT2D eigenvalue weighted by Gasteiger charge is 2.40. The largest absolute Gasteiger partial charge is 0.493 e. The van der Waals surface area contributed by atoms with E-state index < -0.39 is 5.92 Å². The molecule has 2 aromatic rings. The number of methoxy groups -OCH3 is 1. The molecule has 2 aliphatic carbocycles. The lowest BCUT2D eigenvalue weighted by atomic mass is 9.71. The van der Waals surface area contributed by atoms with Crippen LogP contribution in [-0.4, -0.2) is 18.7 Å². The number of carbonyl (C=O) groups is 2. The second-order valence-electron chi connectivity index (χ2n) is 9.52. The third-order valence-corrected chi connectivity index (χ3v) is 7.37. The molecule has 0 amide bonds. The third kappa shape index (κ3) is 4.60. The molecule has 186 valence electrons. The normalized spacial score (nSPS) is 17.9.